The van der Waals surface area contributed by atoms with Gasteiger partial charge in [0.15, 0.2) is 0 Å². The average molecular weight is 526 g/mol. The Hall–Kier alpha value is -2.85. The van der Waals surface area contributed by atoms with Crippen molar-refractivity contribution in [2.75, 3.05) is 6.54 Å². The van der Waals surface area contributed by atoms with E-state index in [4.69, 9.17) is 4.98 Å². The molecule has 0 aliphatic heterocycles. The van der Waals surface area contributed by atoms with Crippen molar-refractivity contribution >= 4 is 38.6 Å². The van der Waals surface area contributed by atoms with E-state index in [0.29, 0.717) is 12.5 Å². The second-order valence-electron chi connectivity index (χ2n) is 8.34. The topological polar surface area (TPSA) is 88.2 Å². The molecule has 0 aliphatic carbocycles. The van der Waals surface area contributed by atoms with E-state index in [1.165, 1.54) is 17.7 Å². The molecule has 0 saturated carbocycles. The van der Waals surface area contributed by atoms with Gasteiger partial charge in [-0.05, 0) is 35.1 Å². The van der Waals surface area contributed by atoms with E-state index in [9.17, 15) is 13.2 Å². The fourth-order valence-electron chi connectivity index (χ4n) is 3.55. The van der Waals surface area contributed by atoms with Gasteiger partial charge in [0.05, 0.1) is 16.6 Å². The predicted octanol–water partition coefficient (Wildman–Crippen LogP) is 5.57. The third-order valence-corrected chi connectivity index (χ3v) is 8.71. The van der Waals surface area contributed by atoms with E-state index >= 15 is 0 Å². The number of benzene rings is 2. The van der Waals surface area contributed by atoms with E-state index in [2.05, 4.69) is 48.2 Å². The molecule has 0 spiro atoms. The smallest absolute Gasteiger partial charge is 0.264 e. The minimum absolute atomic E-state index is 0.0167. The molecule has 1 atom stereocenters. The zero-order chi connectivity index (χ0) is 24.8. The highest BCUT2D eigenvalue weighted by Crippen LogP contribution is 2.32. The van der Waals surface area contributed by atoms with E-state index < -0.39 is 15.9 Å². The number of hydrogen-bond donors (Lipinski definition) is 2. The molecule has 9 heteroatoms. The summed E-state index contributed by atoms with van der Waals surface area (Å²) in [6.45, 7) is 4.64. The molecule has 0 aliphatic rings. The molecule has 0 bridgehead atoms. The molecule has 1 amide bonds. The molecule has 0 saturated heterocycles. The average Bonchev–Trinajstić information content (AvgIpc) is 3.55. The van der Waals surface area contributed by atoms with E-state index in [0.717, 1.165) is 21.1 Å². The standard InChI is InChI=1S/C26H27N3O3S3/c1-18(2)19-10-12-20(13-11-19)22-17-34-26(28-22)25(23-9-6-16-33-23)27-15-14-24(30)29-35(31,32)21-7-4-3-5-8-21/h3-13,16-18,25,27H,14-15H2,1-2H3,(H,29,30). The molecular weight excluding hydrogens is 499 g/mol. The Morgan fingerprint density at radius 1 is 0.971 bits per heavy atom. The Labute approximate surface area is 214 Å². The van der Waals surface area contributed by atoms with Crippen LogP contribution in [0.4, 0.5) is 0 Å². The lowest BCUT2D eigenvalue weighted by molar-refractivity contribution is -0.119. The van der Waals surface area contributed by atoms with Crippen molar-refractivity contribution in [3.63, 3.8) is 0 Å². The molecule has 2 aromatic heterocycles. The second kappa shape index (κ2) is 11.3. The number of thiazole rings is 1. The number of hydrogen-bond acceptors (Lipinski definition) is 7. The molecule has 0 fully saturated rings. The number of rotatable bonds is 10. The summed E-state index contributed by atoms with van der Waals surface area (Å²) >= 11 is 3.17. The SMILES string of the molecule is CC(C)c1ccc(-c2csc(C(NCCC(=O)NS(=O)(=O)c3ccccc3)c3cccs3)n2)cc1. The summed E-state index contributed by atoms with van der Waals surface area (Å²) in [5, 5.41) is 8.33. The van der Waals surface area contributed by atoms with Crippen molar-refractivity contribution in [1.29, 1.82) is 0 Å². The fourth-order valence-corrected chi connectivity index (χ4v) is 6.38. The van der Waals surface area contributed by atoms with Crippen LogP contribution in [0.25, 0.3) is 11.3 Å². The van der Waals surface area contributed by atoms with Gasteiger partial charge in [-0.25, -0.2) is 18.1 Å². The van der Waals surface area contributed by atoms with Gasteiger partial charge in [-0.1, -0.05) is 62.4 Å². The van der Waals surface area contributed by atoms with E-state index in [1.54, 1.807) is 40.9 Å². The third-order valence-electron chi connectivity index (χ3n) is 5.47. The van der Waals surface area contributed by atoms with Crippen LogP contribution in [0.5, 0.6) is 0 Å². The molecule has 182 valence electrons. The van der Waals surface area contributed by atoms with Crippen molar-refractivity contribution in [2.45, 2.75) is 37.1 Å². The summed E-state index contributed by atoms with van der Waals surface area (Å²) in [5.41, 5.74) is 3.26. The normalized spacial score (nSPS) is 12.5. The number of carbonyl (C=O) groups is 1. The van der Waals surface area contributed by atoms with Gasteiger partial charge < -0.3 is 5.32 Å². The molecule has 35 heavy (non-hydrogen) atoms. The Bertz CT molecular complexity index is 1350. The number of nitrogens with zero attached hydrogens (tertiary/aromatic N) is 1. The zero-order valence-corrected chi connectivity index (χ0v) is 21.9. The van der Waals surface area contributed by atoms with Crippen LogP contribution >= 0.6 is 22.7 Å². The molecule has 4 aromatic rings. The molecular formula is C26H27N3O3S3. The van der Waals surface area contributed by atoms with Gasteiger partial charge in [-0.2, -0.15) is 0 Å². The van der Waals surface area contributed by atoms with Crippen LogP contribution in [-0.2, 0) is 14.8 Å². The predicted molar refractivity (Wildman–Crippen MR) is 142 cm³/mol. The van der Waals surface area contributed by atoms with Gasteiger partial charge in [0.2, 0.25) is 5.91 Å². The van der Waals surface area contributed by atoms with Crippen LogP contribution in [0.3, 0.4) is 0 Å². The van der Waals surface area contributed by atoms with Crippen molar-refractivity contribution in [2.24, 2.45) is 0 Å². The number of aromatic nitrogens is 1. The lowest BCUT2D eigenvalue weighted by Crippen LogP contribution is -2.33. The summed E-state index contributed by atoms with van der Waals surface area (Å²) in [4.78, 5) is 18.4. The molecule has 1 unspecified atom stereocenters. The van der Waals surface area contributed by atoms with Gasteiger partial charge in [0.1, 0.15) is 5.01 Å². The monoisotopic (exact) mass is 525 g/mol. The highest BCUT2D eigenvalue weighted by Gasteiger charge is 2.21. The minimum Gasteiger partial charge on any atom is -0.303 e. The van der Waals surface area contributed by atoms with Crippen molar-refractivity contribution < 1.29 is 13.2 Å². The quantitative estimate of drug-likeness (QED) is 0.283. The molecule has 2 N–H and O–H groups in total. The third kappa shape index (κ3) is 6.43. The minimum atomic E-state index is -3.88. The summed E-state index contributed by atoms with van der Waals surface area (Å²) in [6, 6.07) is 20.2. The maximum Gasteiger partial charge on any atom is 0.264 e. The number of sulfonamides is 1. The Morgan fingerprint density at radius 3 is 2.37 bits per heavy atom. The van der Waals surface area contributed by atoms with E-state index in [1.807, 2.05) is 22.9 Å². The molecule has 6 nitrogen and oxygen atoms in total. The van der Waals surface area contributed by atoms with Gasteiger partial charge in [-0.3, -0.25) is 4.79 Å². The van der Waals surface area contributed by atoms with Gasteiger partial charge >= 0.3 is 0 Å². The van der Waals surface area contributed by atoms with Crippen molar-refractivity contribution in [1.82, 2.24) is 15.0 Å². The number of carbonyl (C=O) groups excluding carboxylic acids is 1. The molecule has 4 rings (SSSR count). The first kappa shape index (κ1) is 25.2. The maximum atomic E-state index is 12.4. The van der Waals surface area contributed by atoms with Gasteiger partial charge in [0, 0.05) is 28.8 Å². The fraction of sp³-hybridized carbons (Fsp3) is 0.231. The highest BCUT2D eigenvalue weighted by atomic mass is 32.2. The van der Waals surface area contributed by atoms with Crippen molar-refractivity contribution in [3.8, 4) is 11.3 Å². The van der Waals surface area contributed by atoms with Crippen LogP contribution in [0.15, 0.2) is 82.4 Å². The highest BCUT2D eigenvalue weighted by molar-refractivity contribution is 7.90. The van der Waals surface area contributed by atoms with Gasteiger partial charge in [-0.15, -0.1) is 22.7 Å². The van der Waals surface area contributed by atoms with E-state index in [-0.39, 0.29) is 17.4 Å². The maximum absolute atomic E-state index is 12.4. The Morgan fingerprint density at radius 2 is 1.71 bits per heavy atom. The Kier molecular flexibility index (Phi) is 8.12. The summed E-state index contributed by atoms with van der Waals surface area (Å²) in [7, 11) is -3.88. The summed E-state index contributed by atoms with van der Waals surface area (Å²) < 4.78 is 26.9. The number of amides is 1. The summed E-state index contributed by atoms with van der Waals surface area (Å²) in [6.07, 6.45) is 0.0167. The largest absolute Gasteiger partial charge is 0.303 e. The summed E-state index contributed by atoms with van der Waals surface area (Å²) in [5.74, 6) is -0.0845. The second-order valence-corrected chi connectivity index (χ2v) is 11.9. The van der Waals surface area contributed by atoms with Gasteiger partial charge in [0.25, 0.3) is 10.0 Å². The number of thiophene rings is 1. The van der Waals surface area contributed by atoms with Crippen molar-refractivity contribution in [3.05, 3.63) is 92.9 Å². The zero-order valence-electron chi connectivity index (χ0n) is 19.5. The lowest BCUT2D eigenvalue weighted by Gasteiger charge is -2.15. The first-order valence-electron chi connectivity index (χ1n) is 11.3. The molecule has 2 aromatic carbocycles. The lowest BCUT2D eigenvalue weighted by atomic mass is 10.0. The van der Waals surface area contributed by atoms with Crippen LogP contribution in [-0.4, -0.2) is 25.9 Å². The first-order chi connectivity index (χ1) is 16.8. The first-order valence-corrected chi connectivity index (χ1v) is 14.5. The number of nitrogens with one attached hydrogen (secondary N) is 2. The van der Waals surface area contributed by atoms with Crippen LogP contribution in [0, 0.1) is 0 Å². The molecule has 2 heterocycles. The Balaban J connectivity index is 1.42. The van der Waals surface area contributed by atoms with Crippen LogP contribution in [0.2, 0.25) is 0 Å². The van der Waals surface area contributed by atoms with Crippen LogP contribution < -0.4 is 10.0 Å². The molecule has 0 radical (unpaired) electrons. The van der Waals surface area contributed by atoms with Crippen LogP contribution in [0.1, 0.15) is 47.7 Å².